The number of nitrogens with one attached hydrogen (secondary N) is 1. The van der Waals surface area contributed by atoms with Crippen molar-refractivity contribution in [3.05, 3.63) is 78.1 Å². The maximum absolute atomic E-state index is 12.9. The highest BCUT2D eigenvalue weighted by atomic mass is 19.1. The lowest BCUT2D eigenvalue weighted by atomic mass is 10.1. The van der Waals surface area contributed by atoms with E-state index in [1.807, 2.05) is 24.3 Å². The molecule has 1 heterocycles. The molecule has 6 heteroatoms. The van der Waals surface area contributed by atoms with Crippen LogP contribution >= 0.6 is 0 Å². The number of anilines is 1. The van der Waals surface area contributed by atoms with Gasteiger partial charge in [-0.15, -0.1) is 0 Å². The predicted octanol–water partition coefficient (Wildman–Crippen LogP) is 3.04. The van der Waals surface area contributed by atoms with Crippen molar-refractivity contribution < 1.29 is 9.18 Å². The zero-order valence-corrected chi connectivity index (χ0v) is 13.0. The van der Waals surface area contributed by atoms with Crippen molar-refractivity contribution >= 4 is 11.6 Å². The summed E-state index contributed by atoms with van der Waals surface area (Å²) < 4.78 is 14.6. The summed E-state index contributed by atoms with van der Waals surface area (Å²) in [5, 5.41) is 7.01. The Morgan fingerprint density at radius 1 is 1.12 bits per heavy atom. The normalized spacial score (nSPS) is 10.5. The molecule has 2 aromatic carbocycles. The maximum Gasteiger partial charge on any atom is 0.224 e. The van der Waals surface area contributed by atoms with Crippen molar-refractivity contribution in [3.63, 3.8) is 0 Å². The fourth-order valence-electron chi connectivity index (χ4n) is 2.39. The molecule has 1 amide bonds. The number of nitrogens with zero attached hydrogens (tertiary/aromatic N) is 3. The van der Waals surface area contributed by atoms with E-state index in [1.165, 1.54) is 18.5 Å². The zero-order chi connectivity index (χ0) is 16.8. The molecule has 0 aliphatic rings. The van der Waals surface area contributed by atoms with Crippen molar-refractivity contribution in [2.75, 3.05) is 5.32 Å². The Kier molecular flexibility index (Phi) is 4.96. The van der Waals surface area contributed by atoms with Gasteiger partial charge in [-0.1, -0.05) is 30.3 Å². The molecule has 0 aliphatic carbocycles. The molecule has 0 radical (unpaired) electrons. The number of halogens is 1. The van der Waals surface area contributed by atoms with Crippen molar-refractivity contribution in [2.24, 2.45) is 0 Å². The van der Waals surface area contributed by atoms with E-state index < -0.39 is 0 Å². The Morgan fingerprint density at radius 3 is 2.67 bits per heavy atom. The molecule has 0 saturated heterocycles. The van der Waals surface area contributed by atoms with Gasteiger partial charge in [0.15, 0.2) is 0 Å². The van der Waals surface area contributed by atoms with Crippen molar-refractivity contribution in [3.8, 4) is 0 Å². The van der Waals surface area contributed by atoms with Crippen LogP contribution in [0.2, 0.25) is 0 Å². The standard InChI is InChI=1S/C18H17FN4O/c19-16-8-5-14(6-9-16)7-10-18(24)22-17-4-2-1-3-15(17)11-23-13-20-12-21-23/h1-6,8-9,12-13H,7,10-11H2,(H,22,24). The largest absolute Gasteiger partial charge is 0.326 e. The number of carbonyl (C=O) groups excluding carboxylic acids is 1. The first-order valence-corrected chi connectivity index (χ1v) is 7.65. The third-order valence-electron chi connectivity index (χ3n) is 3.64. The van der Waals surface area contributed by atoms with Crippen molar-refractivity contribution in [1.82, 2.24) is 14.8 Å². The lowest BCUT2D eigenvalue weighted by Crippen LogP contribution is -2.14. The van der Waals surface area contributed by atoms with E-state index in [0.29, 0.717) is 19.4 Å². The molecule has 24 heavy (non-hydrogen) atoms. The van der Waals surface area contributed by atoms with Crippen molar-refractivity contribution in [1.29, 1.82) is 0 Å². The monoisotopic (exact) mass is 324 g/mol. The Balaban J connectivity index is 1.60. The highest BCUT2D eigenvalue weighted by Crippen LogP contribution is 2.16. The van der Waals surface area contributed by atoms with E-state index in [1.54, 1.807) is 23.1 Å². The average molecular weight is 324 g/mol. The molecule has 3 rings (SSSR count). The van der Waals surface area contributed by atoms with E-state index in [4.69, 9.17) is 0 Å². The first-order valence-electron chi connectivity index (χ1n) is 7.65. The molecule has 1 aromatic heterocycles. The van der Waals surface area contributed by atoms with Gasteiger partial charge in [0.25, 0.3) is 0 Å². The van der Waals surface area contributed by atoms with Gasteiger partial charge in [0.05, 0.1) is 6.54 Å². The Morgan fingerprint density at radius 2 is 1.92 bits per heavy atom. The minimum absolute atomic E-state index is 0.0784. The van der Waals surface area contributed by atoms with E-state index in [9.17, 15) is 9.18 Å². The molecule has 0 spiro atoms. The fraction of sp³-hybridized carbons (Fsp3) is 0.167. The van der Waals surface area contributed by atoms with Crippen LogP contribution in [0.15, 0.2) is 61.2 Å². The number of hydrogen-bond donors (Lipinski definition) is 1. The number of aryl methyl sites for hydroxylation is 1. The zero-order valence-electron chi connectivity index (χ0n) is 13.0. The van der Waals surface area contributed by atoms with Crippen molar-refractivity contribution in [2.45, 2.75) is 19.4 Å². The van der Waals surface area contributed by atoms with E-state index >= 15 is 0 Å². The van der Waals surface area contributed by atoms with Crippen LogP contribution in [0.1, 0.15) is 17.5 Å². The highest BCUT2D eigenvalue weighted by Gasteiger charge is 2.08. The fourth-order valence-corrected chi connectivity index (χ4v) is 2.39. The van der Waals surface area contributed by atoms with E-state index in [2.05, 4.69) is 15.4 Å². The van der Waals surface area contributed by atoms with Gasteiger partial charge in [-0.2, -0.15) is 5.10 Å². The smallest absolute Gasteiger partial charge is 0.224 e. The quantitative estimate of drug-likeness (QED) is 0.758. The minimum Gasteiger partial charge on any atom is -0.326 e. The molecule has 122 valence electrons. The SMILES string of the molecule is O=C(CCc1ccc(F)cc1)Nc1ccccc1Cn1cncn1. The number of aromatic nitrogens is 3. The minimum atomic E-state index is -0.273. The first kappa shape index (κ1) is 15.9. The molecule has 0 unspecified atom stereocenters. The molecular formula is C18H17FN4O. The van der Waals surface area contributed by atoms with E-state index in [0.717, 1.165) is 16.8 Å². The van der Waals surface area contributed by atoms with Crippen LogP contribution in [0.3, 0.4) is 0 Å². The molecule has 0 bridgehead atoms. The van der Waals surface area contributed by atoms with Crippen LogP contribution in [0.25, 0.3) is 0 Å². The van der Waals surface area contributed by atoms with Gasteiger partial charge in [0.1, 0.15) is 18.5 Å². The van der Waals surface area contributed by atoms with Crippen LogP contribution < -0.4 is 5.32 Å². The summed E-state index contributed by atoms with van der Waals surface area (Å²) in [6.07, 6.45) is 4.01. The molecule has 0 atom stereocenters. The number of hydrogen-bond acceptors (Lipinski definition) is 3. The number of para-hydroxylation sites is 1. The topological polar surface area (TPSA) is 59.8 Å². The van der Waals surface area contributed by atoms with Gasteiger partial charge in [0, 0.05) is 12.1 Å². The van der Waals surface area contributed by atoms with Crippen LogP contribution in [0.4, 0.5) is 10.1 Å². The second-order valence-corrected chi connectivity index (χ2v) is 5.42. The maximum atomic E-state index is 12.9. The van der Waals surface area contributed by atoms with E-state index in [-0.39, 0.29) is 11.7 Å². The lowest BCUT2D eigenvalue weighted by molar-refractivity contribution is -0.116. The van der Waals surface area contributed by atoms with Crippen LogP contribution in [-0.4, -0.2) is 20.7 Å². The summed E-state index contributed by atoms with van der Waals surface area (Å²) >= 11 is 0. The Bertz CT molecular complexity index is 800. The molecule has 0 aliphatic heterocycles. The molecule has 1 N–H and O–H groups in total. The number of benzene rings is 2. The van der Waals surface area contributed by atoms with Crippen LogP contribution in [-0.2, 0) is 17.8 Å². The summed E-state index contributed by atoms with van der Waals surface area (Å²) in [5.41, 5.74) is 2.65. The summed E-state index contributed by atoms with van der Waals surface area (Å²) in [7, 11) is 0. The lowest BCUT2D eigenvalue weighted by Gasteiger charge is -2.11. The van der Waals surface area contributed by atoms with Gasteiger partial charge >= 0.3 is 0 Å². The Hall–Kier alpha value is -3.02. The van der Waals surface area contributed by atoms with Crippen LogP contribution in [0.5, 0.6) is 0 Å². The highest BCUT2D eigenvalue weighted by molar-refractivity contribution is 5.91. The third kappa shape index (κ3) is 4.25. The van der Waals surface area contributed by atoms with Gasteiger partial charge in [-0.05, 0) is 35.7 Å². The molecule has 3 aromatic rings. The number of amides is 1. The summed E-state index contributed by atoms with van der Waals surface area (Å²) in [5.74, 6) is -0.351. The summed E-state index contributed by atoms with van der Waals surface area (Å²) in [4.78, 5) is 16.1. The van der Waals surface area contributed by atoms with Gasteiger partial charge < -0.3 is 5.32 Å². The summed E-state index contributed by atoms with van der Waals surface area (Å²) in [6.45, 7) is 0.536. The van der Waals surface area contributed by atoms with Gasteiger partial charge in [-0.25, -0.2) is 14.1 Å². The Labute approximate surface area is 139 Å². The molecule has 5 nitrogen and oxygen atoms in total. The van der Waals surface area contributed by atoms with Gasteiger partial charge in [-0.3, -0.25) is 4.79 Å². The van der Waals surface area contributed by atoms with Crippen LogP contribution in [0, 0.1) is 5.82 Å². The summed E-state index contributed by atoms with van der Waals surface area (Å²) in [6, 6.07) is 13.8. The number of rotatable bonds is 6. The molecule has 0 fully saturated rings. The predicted molar refractivity (Wildman–Crippen MR) is 88.9 cm³/mol. The number of carbonyl (C=O) groups is 1. The average Bonchev–Trinajstić information content (AvgIpc) is 3.09. The molecule has 0 saturated carbocycles. The third-order valence-corrected chi connectivity index (χ3v) is 3.64. The second kappa shape index (κ2) is 7.50. The molecular weight excluding hydrogens is 307 g/mol. The van der Waals surface area contributed by atoms with Gasteiger partial charge in [0.2, 0.25) is 5.91 Å². The second-order valence-electron chi connectivity index (χ2n) is 5.42. The first-order chi connectivity index (χ1) is 11.7.